The Morgan fingerprint density at radius 2 is 1.67 bits per heavy atom. The molecule has 0 saturated carbocycles. The number of nitrogens with zero attached hydrogens (tertiary/aromatic N) is 1. The average molecular weight is 401 g/mol. The molecule has 0 bridgehead atoms. The molecule has 0 spiro atoms. The highest BCUT2D eigenvalue weighted by molar-refractivity contribution is 5.96. The van der Waals surface area contributed by atoms with Crippen molar-refractivity contribution < 1.29 is 19.4 Å². The lowest BCUT2D eigenvalue weighted by Gasteiger charge is -2.15. The van der Waals surface area contributed by atoms with E-state index >= 15 is 0 Å². The van der Waals surface area contributed by atoms with Crippen molar-refractivity contribution in [3.63, 3.8) is 0 Å². The van der Waals surface area contributed by atoms with Crippen LogP contribution in [-0.2, 0) is 17.8 Å². The summed E-state index contributed by atoms with van der Waals surface area (Å²) in [5.74, 6) is 0.513. The minimum absolute atomic E-state index is 0.0984. The molecule has 0 unspecified atom stereocenters. The monoisotopic (exact) mass is 401 g/mol. The zero-order valence-electron chi connectivity index (χ0n) is 17.0. The smallest absolute Gasteiger partial charge is 0.307 e. The van der Waals surface area contributed by atoms with Crippen molar-refractivity contribution in [2.45, 2.75) is 13.0 Å². The van der Waals surface area contributed by atoms with E-state index in [-0.39, 0.29) is 6.42 Å². The quantitative estimate of drug-likeness (QED) is 0.473. The van der Waals surface area contributed by atoms with Crippen LogP contribution in [-0.4, -0.2) is 29.9 Å². The second-order valence-corrected chi connectivity index (χ2v) is 7.05. The molecule has 0 amide bonds. The van der Waals surface area contributed by atoms with Gasteiger partial charge in [-0.15, -0.1) is 0 Å². The van der Waals surface area contributed by atoms with Gasteiger partial charge in [-0.3, -0.25) is 4.79 Å². The highest BCUT2D eigenvalue weighted by atomic mass is 16.5. The number of carbonyl (C=O) groups is 1. The second kappa shape index (κ2) is 8.33. The van der Waals surface area contributed by atoms with Crippen LogP contribution in [0.2, 0.25) is 0 Å². The zero-order chi connectivity index (χ0) is 21.1. The van der Waals surface area contributed by atoms with Gasteiger partial charge >= 0.3 is 5.97 Å². The Hall–Kier alpha value is -3.73. The van der Waals surface area contributed by atoms with E-state index in [1.165, 1.54) is 0 Å². The van der Waals surface area contributed by atoms with Gasteiger partial charge in [-0.25, -0.2) is 0 Å². The van der Waals surface area contributed by atoms with E-state index < -0.39 is 5.97 Å². The van der Waals surface area contributed by atoms with Crippen molar-refractivity contribution in [1.29, 1.82) is 0 Å². The Labute approximate surface area is 175 Å². The molecule has 0 aliphatic rings. The van der Waals surface area contributed by atoms with Gasteiger partial charge in [0.1, 0.15) is 11.5 Å². The number of hydrogen-bond acceptors (Lipinski definition) is 3. The maximum absolute atomic E-state index is 11.8. The Morgan fingerprint density at radius 1 is 0.933 bits per heavy atom. The maximum Gasteiger partial charge on any atom is 0.307 e. The lowest BCUT2D eigenvalue weighted by atomic mass is 10.0. The average Bonchev–Trinajstić information content (AvgIpc) is 3.06. The van der Waals surface area contributed by atoms with E-state index in [2.05, 4.69) is 16.7 Å². The van der Waals surface area contributed by atoms with Gasteiger partial charge in [0.25, 0.3) is 0 Å². The molecule has 0 saturated heterocycles. The van der Waals surface area contributed by atoms with Gasteiger partial charge < -0.3 is 19.1 Å². The van der Waals surface area contributed by atoms with Crippen molar-refractivity contribution in [3.05, 3.63) is 83.9 Å². The van der Waals surface area contributed by atoms with Crippen molar-refractivity contribution >= 4 is 16.9 Å². The van der Waals surface area contributed by atoms with Crippen LogP contribution in [0.4, 0.5) is 0 Å². The molecule has 1 N–H and O–H groups in total. The Balaban J connectivity index is 2.06. The third-order valence-electron chi connectivity index (χ3n) is 5.25. The minimum Gasteiger partial charge on any atom is -0.497 e. The van der Waals surface area contributed by atoms with E-state index in [4.69, 9.17) is 9.47 Å². The van der Waals surface area contributed by atoms with Crippen molar-refractivity contribution in [2.24, 2.45) is 0 Å². The van der Waals surface area contributed by atoms with Gasteiger partial charge in [-0.1, -0.05) is 42.5 Å². The molecule has 0 fully saturated rings. The molecule has 0 radical (unpaired) electrons. The number of carboxylic acids is 1. The zero-order valence-corrected chi connectivity index (χ0v) is 17.0. The summed E-state index contributed by atoms with van der Waals surface area (Å²) in [5.41, 5.74) is 4.54. The number of rotatable bonds is 7. The number of fused-ring (bicyclic) bond motifs is 1. The van der Waals surface area contributed by atoms with Crippen LogP contribution in [0.1, 0.15) is 11.1 Å². The summed E-state index contributed by atoms with van der Waals surface area (Å²) in [6.45, 7) is 0.608. The van der Waals surface area contributed by atoms with E-state index in [0.29, 0.717) is 18.0 Å². The Bertz CT molecular complexity index is 1190. The molecule has 5 nitrogen and oxygen atoms in total. The highest BCUT2D eigenvalue weighted by Gasteiger charge is 2.23. The molecule has 4 rings (SSSR count). The van der Waals surface area contributed by atoms with E-state index in [1.54, 1.807) is 14.2 Å². The Morgan fingerprint density at radius 3 is 2.37 bits per heavy atom. The number of hydrogen-bond donors (Lipinski definition) is 1. The standard InChI is InChI=1S/C25H23NO4/c1-29-18-12-13-22-20(14-18)21(15-24(27)28)25(19-10-6-7-11-23(19)30-2)26(22)16-17-8-4-3-5-9-17/h3-14H,15-16H2,1-2H3,(H,27,28). The van der Waals surface area contributed by atoms with Crippen LogP contribution in [0, 0.1) is 0 Å². The fourth-order valence-corrected chi connectivity index (χ4v) is 3.94. The number of aromatic nitrogens is 1. The molecule has 4 aromatic rings. The second-order valence-electron chi connectivity index (χ2n) is 7.05. The summed E-state index contributed by atoms with van der Waals surface area (Å²) < 4.78 is 13.2. The van der Waals surface area contributed by atoms with Gasteiger partial charge in [-0.05, 0) is 41.5 Å². The third-order valence-corrected chi connectivity index (χ3v) is 5.25. The normalized spacial score (nSPS) is 10.9. The first-order valence-electron chi connectivity index (χ1n) is 9.70. The summed E-state index contributed by atoms with van der Waals surface area (Å²) in [4.78, 5) is 11.8. The SMILES string of the molecule is COc1ccc2c(c1)c(CC(=O)O)c(-c1ccccc1OC)n2Cc1ccccc1. The third kappa shape index (κ3) is 3.62. The lowest BCUT2D eigenvalue weighted by Crippen LogP contribution is -2.06. The summed E-state index contributed by atoms with van der Waals surface area (Å²) in [6, 6.07) is 23.6. The minimum atomic E-state index is -0.882. The lowest BCUT2D eigenvalue weighted by molar-refractivity contribution is -0.136. The molecular formula is C25H23NO4. The first-order valence-corrected chi connectivity index (χ1v) is 9.70. The fraction of sp³-hybridized carbons (Fsp3) is 0.160. The summed E-state index contributed by atoms with van der Waals surface area (Å²) in [6.07, 6.45) is -0.0984. The Kier molecular flexibility index (Phi) is 5.44. The largest absolute Gasteiger partial charge is 0.497 e. The van der Waals surface area contributed by atoms with Crippen LogP contribution < -0.4 is 9.47 Å². The molecule has 152 valence electrons. The van der Waals surface area contributed by atoms with E-state index in [9.17, 15) is 9.90 Å². The molecule has 5 heteroatoms. The topological polar surface area (TPSA) is 60.7 Å². The molecule has 1 heterocycles. The van der Waals surface area contributed by atoms with Crippen LogP contribution in [0.3, 0.4) is 0 Å². The van der Waals surface area contributed by atoms with Crippen LogP contribution in [0.25, 0.3) is 22.2 Å². The summed E-state index contributed by atoms with van der Waals surface area (Å²) in [5, 5.41) is 10.5. The van der Waals surface area contributed by atoms with Crippen LogP contribution in [0.5, 0.6) is 11.5 Å². The fourth-order valence-electron chi connectivity index (χ4n) is 3.94. The number of ether oxygens (including phenoxy) is 2. The number of aliphatic carboxylic acids is 1. The predicted octanol–water partition coefficient (Wildman–Crippen LogP) is 5.00. The maximum atomic E-state index is 11.8. The molecule has 3 aromatic carbocycles. The van der Waals surface area contributed by atoms with Gasteiger partial charge in [0, 0.05) is 23.0 Å². The first kappa shape index (κ1) is 19.6. The van der Waals surface area contributed by atoms with E-state index in [0.717, 1.165) is 33.3 Å². The molecule has 0 atom stereocenters. The van der Waals surface area contributed by atoms with Crippen molar-refractivity contribution in [2.75, 3.05) is 14.2 Å². The van der Waals surface area contributed by atoms with Crippen LogP contribution >= 0.6 is 0 Å². The molecule has 30 heavy (non-hydrogen) atoms. The van der Waals surface area contributed by atoms with Crippen molar-refractivity contribution in [3.8, 4) is 22.8 Å². The molecule has 0 aliphatic carbocycles. The summed E-state index contributed by atoms with van der Waals surface area (Å²) >= 11 is 0. The highest BCUT2D eigenvalue weighted by Crippen LogP contribution is 2.40. The van der Waals surface area contributed by atoms with Gasteiger partial charge in [0.2, 0.25) is 0 Å². The van der Waals surface area contributed by atoms with Gasteiger partial charge in [0.15, 0.2) is 0 Å². The van der Waals surface area contributed by atoms with Crippen molar-refractivity contribution in [1.82, 2.24) is 4.57 Å². The molecule has 1 aromatic heterocycles. The summed E-state index contributed by atoms with van der Waals surface area (Å²) in [7, 11) is 3.24. The molecular weight excluding hydrogens is 378 g/mol. The number of carboxylic acid groups (broad SMARTS) is 1. The number of benzene rings is 3. The first-order chi connectivity index (χ1) is 14.6. The molecule has 0 aliphatic heterocycles. The number of methoxy groups -OCH3 is 2. The van der Waals surface area contributed by atoms with E-state index in [1.807, 2.05) is 60.7 Å². The van der Waals surface area contributed by atoms with Gasteiger partial charge in [-0.2, -0.15) is 0 Å². The predicted molar refractivity (Wildman–Crippen MR) is 117 cm³/mol. The number of para-hydroxylation sites is 1. The van der Waals surface area contributed by atoms with Gasteiger partial charge in [0.05, 0.1) is 26.3 Å². The van der Waals surface area contributed by atoms with Crippen LogP contribution in [0.15, 0.2) is 72.8 Å².